The third-order valence-corrected chi connectivity index (χ3v) is 2.62. The molecule has 0 spiro atoms. The first-order chi connectivity index (χ1) is 8.70. The molecule has 0 aliphatic carbocycles. The van der Waals surface area contributed by atoms with Gasteiger partial charge in [-0.2, -0.15) is 0 Å². The Labute approximate surface area is 105 Å². The minimum absolute atomic E-state index is 0.0156. The van der Waals surface area contributed by atoms with Crippen molar-refractivity contribution in [3.8, 4) is 5.75 Å². The second-order valence-electron chi connectivity index (χ2n) is 3.90. The Hall–Kier alpha value is -2.36. The average molecular weight is 243 g/mol. The van der Waals surface area contributed by atoms with Crippen LogP contribution in [-0.4, -0.2) is 23.2 Å². The number of ether oxygens (including phenoxy) is 1. The van der Waals surface area contributed by atoms with Crippen LogP contribution in [0.5, 0.6) is 5.75 Å². The summed E-state index contributed by atoms with van der Waals surface area (Å²) in [5.74, 6) is 0.491. The Morgan fingerprint density at radius 3 is 2.56 bits per heavy atom. The molecule has 0 saturated carbocycles. The summed E-state index contributed by atoms with van der Waals surface area (Å²) >= 11 is 0. The van der Waals surface area contributed by atoms with Crippen molar-refractivity contribution in [1.29, 1.82) is 0 Å². The van der Waals surface area contributed by atoms with Gasteiger partial charge in [0.1, 0.15) is 12.0 Å². The van der Waals surface area contributed by atoms with Gasteiger partial charge in [0, 0.05) is 18.8 Å². The molecule has 0 saturated heterocycles. The number of aldehydes is 1. The third kappa shape index (κ3) is 2.66. The maximum Gasteiger partial charge on any atom is 0.216 e. The molecule has 4 heteroatoms. The van der Waals surface area contributed by atoms with E-state index in [1.807, 2.05) is 19.3 Å². The zero-order chi connectivity index (χ0) is 13.0. The molecule has 0 aliphatic heterocycles. The largest absolute Gasteiger partial charge is 0.485 e. The van der Waals surface area contributed by atoms with E-state index in [0.29, 0.717) is 17.0 Å². The highest BCUT2D eigenvalue weighted by Gasteiger charge is 2.09. The van der Waals surface area contributed by atoms with Crippen LogP contribution in [0.1, 0.15) is 20.8 Å². The Morgan fingerprint density at radius 1 is 1.28 bits per heavy atom. The fourth-order valence-corrected chi connectivity index (χ4v) is 1.62. The van der Waals surface area contributed by atoms with E-state index in [9.17, 15) is 9.59 Å². The second kappa shape index (κ2) is 5.31. The van der Waals surface area contributed by atoms with E-state index in [4.69, 9.17) is 4.74 Å². The molecule has 0 bridgehead atoms. The van der Waals surface area contributed by atoms with E-state index >= 15 is 0 Å². The van der Waals surface area contributed by atoms with Crippen molar-refractivity contribution in [3.05, 3.63) is 53.9 Å². The molecule has 2 aromatic rings. The predicted molar refractivity (Wildman–Crippen MR) is 67.1 cm³/mol. The Balaban J connectivity index is 1.97. The first kappa shape index (κ1) is 12.1. The topological polar surface area (TPSA) is 48.3 Å². The van der Waals surface area contributed by atoms with Gasteiger partial charge in [0.2, 0.25) is 5.78 Å². The molecular formula is C14H13NO3. The quantitative estimate of drug-likeness (QED) is 0.597. The number of benzene rings is 1. The van der Waals surface area contributed by atoms with Gasteiger partial charge in [-0.25, -0.2) is 0 Å². The Kier molecular flexibility index (Phi) is 3.57. The van der Waals surface area contributed by atoms with Gasteiger partial charge >= 0.3 is 0 Å². The van der Waals surface area contributed by atoms with E-state index in [2.05, 4.69) is 0 Å². The van der Waals surface area contributed by atoms with Gasteiger partial charge in [0.15, 0.2) is 6.61 Å². The molecule has 1 aromatic carbocycles. The number of ketones is 1. The van der Waals surface area contributed by atoms with Crippen LogP contribution < -0.4 is 4.74 Å². The maximum atomic E-state index is 11.8. The summed E-state index contributed by atoms with van der Waals surface area (Å²) in [6.07, 6.45) is 2.57. The van der Waals surface area contributed by atoms with Crippen molar-refractivity contribution in [2.24, 2.45) is 7.05 Å². The number of aromatic nitrogens is 1. The lowest BCUT2D eigenvalue weighted by atomic mass is 10.2. The summed E-state index contributed by atoms with van der Waals surface area (Å²) < 4.78 is 7.12. The van der Waals surface area contributed by atoms with E-state index in [0.717, 1.165) is 6.29 Å². The first-order valence-electron chi connectivity index (χ1n) is 5.53. The predicted octanol–water partition coefficient (Wildman–Crippen LogP) is 2.10. The summed E-state index contributed by atoms with van der Waals surface area (Å²) in [7, 11) is 1.81. The van der Waals surface area contributed by atoms with Crippen molar-refractivity contribution < 1.29 is 14.3 Å². The molecular weight excluding hydrogens is 230 g/mol. The molecule has 18 heavy (non-hydrogen) atoms. The number of Topliss-reactive ketones (excluding diaryl/α,β-unsaturated/α-hetero) is 1. The summed E-state index contributed by atoms with van der Waals surface area (Å²) in [6.45, 7) is -0.0156. The highest BCUT2D eigenvalue weighted by Crippen LogP contribution is 2.11. The number of rotatable bonds is 5. The molecule has 2 rings (SSSR count). The van der Waals surface area contributed by atoms with Crippen LogP contribution in [-0.2, 0) is 7.05 Å². The van der Waals surface area contributed by atoms with Crippen LogP contribution in [0.4, 0.5) is 0 Å². The fourth-order valence-electron chi connectivity index (χ4n) is 1.62. The molecule has 0 N–H and O–H groups in total. The normalized spacial score (nSPS) is 10.1. The highest BCUT2D eigenvalue weighted by molar-refractivity contribution is 5.95. The smallest absolute Gasteiger partial charge is 0.216 e. The molecule has 0 unspecified atom stereocenters. The lowest BCUT2D eigenvalue weighted by molar-refractivity contribution is 0.0913. The molecule has 0 amide bonds. The van der Waals surface area contributed by atoms with Crippen LogP contribution in [0.2, 0.25) is 0 Å². The van der Waals surface area contributed by atoms with Gasteiger partial charge in [-0.1, -0.05) is 0 Å². The summed E-state index contributed by atoms with van der Waals surface area (Å²) in [5.41, 5.74) is 1.19. The van der Waals surface area contributed by atoms with Gasteiger partial charge in [-0.05, 0) is 36.4 Å². The van der Waals surface area contributed by atoms with Crippen LogP contribution in [0.25, 0.3) is 0 Å². The van der Waals surface area contributed by atoms with E-state index in [1.165, 1.54) is 0 Å². The molecule has 0 aliphatic rings. The third-order valence-electron chi connectivity index (χ3n) is 2.62. The number of nitrogens with zero attached hydrogens (tertiary/aromatic N) is 1. The molecule has 1 aromatic heterocycles. The van der Waals surface area contributed by atoms with Gasteiger partial charge in [-0.15, -0.1) is 0 Å². The molecule has 4 nitrogen and oxygen atoms in total. The zero-order valence-electron chi connectivity index (χ0n) is 10.00. The van der Waals surface area contributed by atoms with Crippen molar-refractivity contribution in [1.82, 2.24) is 4.57 Å². The van der Waals surface area contributed by atoms with Crippen LogP contribution in [0.15, 0.2) is 42.6 Å². The maximum absolute atomic E-state index is 11.8. The molecule has 0 fully saturated rings. The summed E-state index contributed by atoms with van der Waals surface area (Å²) in [6, 6.07) is 10.2. The average Bonchev–Trinajstić information content (AvgIpc) is 2.83. The lowest BCUT2D eigenvalue weighted by Gasteiger charge is -2.06. The SMILES string of the molecule is Cn1cccc1C(=O)COc1ccc(C=O)cc1. The number of carbonyl (C=O) groups is 2. The van der Waals surface area contributed by atoms with Gasteiger partial charge in [0.05, 0.1) is 5.69 Å². The molecule has 0 atom stereocenters. The molecule has 92 valence electrons. The van der Waals surface area contributed by atoms with Gasteiger partial charge in [-0.3, -0.25) is 9.59 Å². The highest BCUT2D eigenvalue weighted by atomic mass is 16.5. The Bertz CT molecular complexity index is 555. The minimum atomic E-state index is -0.0815. The Morgan fingerprint density at radius 2 is 2.00 bits per heavy atom. The van der Waals surface area contributed by atoms with Crippen molar-refractivity contribution in [2.45, 2.75) is 0 Å². The molecule has 0 radical (unpaired) electrons. The van der Waals surface area contributed by atoms with E-state index < -0.39 is 0 Å². The number of carbonyl (C=O) groups excluding carboxylic acids is 2. The molecule has 1 heterocycles. The van der Waals surface area contributed by atoms with Crippen LogP contribution in [0.3, 0.4) is 0 Å². The van der Waals surface area contributed by atoms with Crippen LogP contribution >= 0.6 is 0 Å². The van der Waals surface area contributed by atoms with Gasteiger partial charge in [0.25, 0.3) is 0 Å². The fraction of sp³-hybridized carbons (Fsp3) is 0.143. The zero-order valence-corrected chi connectivity index (χ0v) is 10.00. The van der Waals surface area contributed by atoms with Gasteiger partial charge < -0.3 is 9.30 Å². The number of aryl methyl sites for hydroxylation is 1. The first-order valence-corrected chi connectivity index (χ1v) is 5.53. The monoisotopic (exact) mass is 243 g/mol. The van der Waals surface area contributed by atoms with Crippen LogP contribution in [0, 0.1) is 0 Å². The minimum Gasteiger partial charge on any atom is -0.485 e. The number of hydrogen-bond donors (Lipinski definition) is 0. The lowest BCUT2D eigenvalue weighted by Crippen LogP contribution is -2.14. The number of hydrogen-bond acceptors (Lipinski definition) is 3. The standard InChI is InChI=1S/C14H13NO3/c1-15-8-2-3-13(15)14(17)10-18-12-6-4-11(9-16)5-7-12/h2-9H,10H2,1H3. The summed E-state index contributed by atoms with van der Waals surface area (Å²) in [4.78, 5) is 22.3. The van der Waals surface area contributed by atoms with Crippen molar-refractivity contribution >= 4 is 12.1 Å². The van der Waals surface area contributed by atoms with E-state index in [1.54, 1.807) is 34.9 Å². The second-order valence-corrected chi connectivity index (χ2v) is 3.90. The van der Waals surface area contributed by atoms with Crippen molar-refractivity contribution in [3.63, 3.8) is 0 Å². The van der Waals surface area contributed by atoms with Crippen molar-refractivity contribution in [2.75, 3.05) is 6.61 Å². The van der Waals surface area contributed by atoms with E-state index in [-0.39, 0.29) is 12.4 Å². The summed E-state index contributed by atoms with van der Waals surface area (Å²) in [5, 5.41) is 0.